The molecule has 0 radical (unpaired) electrons. The second-order valence-corrected chi connectivity index (χ2v) is 12.5. The summed E-state index contributed by atoms with van der Waals surface area (Å²) in [7, 11) is 0. The zero-order valence-electron chi connectivity index (χ0n) is 23.8. The Morgan fingerprint density at radius 2 is 1.51 bits per heavy atom. The standard InChI is InChI=1S/C35H24Cl2N4O3S/c1-20-28(32(42)39-25-7-3-2-4-8-25)30(22-13-17-24(37)18-14-22)41-34(44)31(45-35(41)38-20)29-26-9-5-6-10-27(26)40(33(29)43)19-21-11-15-23(36)16-12-21/h2-18,30H,19H2,1H3,(H,39,42)/b31-29+/t30-/m1/s1. The van der Waals surface area contributed by atoms with Crippen LogP contribution in [0.3, 0.4) is 0 Å². The number of anilines is 2. The second-order valence-electron chi connectivity index (χ2n) is 10.7. The third kappa shape index (κ3) is 5.21. The van der Waals surface area contributed by atoms with E-state index in [0.717, 1.165) is 16.9 Å². The highest BCUT2D eigenvalue weighted by atomic mass is 35.5. The summed E-state index contributed by atoms with van der Waals surface area (Å²) >= 11 is 13.5. The molecule has 1 aromatic heterocycles. The summed E-state index contributed by atoms with van der Waals surface area (Å²) in [6.45, 7) is 2.07. The van der Waals surface area contributed by atoms with Gasteiger partial charge in [-0.3, -0.25) is 19.0 Å². The lowest BCUT2D eigenvalue weighted by Crippen LogP contribution is -2.41. The minimum Gasteiger partial charge on any atom is -0.322 e. The lowest BCUT2D eigenvalue weighted by molar-refractivity contribution is -0.114. The van der Waals surface area contributed by atoms with Crippen molar-refractivity contribution in [3.8, 4) is 0 Å². The Hall–Kier alpha value is -4.76. The van der Waals surface area contributed by atoms with Crippen LogP contribution in [0.15, 0.2) is 124 Å². The molecule has 4 aromatic carbocycles. The van der Waals surface area contributed by atoms with E-state index in [1.807, 2.05) is 54.6 Å². The number of amides is 2. The number of carbonyl (C=O) groups is 2. The summed E-state index contributed by atoms with van der Waals surface area (Å²) in [4.78, 5) is 49.2. The first-order valence-corrected chi connectivity index (χ1v) is 15.7. The molecule has 0 saturated carbocycles. The topological polar surface area (TPSA) is 83.8 Å². The van der Waals surface area contributed by atoms with Crippen molar-refractivity contribution in [2.45, 2.75) is 19.5 Å². The molecule has 45 heavy (non-hydrogen) atoms. The molecule has 3 heterocycles. The number of allylic oxidation sites excluding steroid dienone is 1. The summed E-state index contributed by atoms with van der Waals surface area (Å²) in [6, 6.07) is 30.1. The van der Waals surface area contributed by atoms with Crippen molar-refractivity contribution in [3.63, 3.8) is 0 Å². The zero-order chi connectivity index (χ0) is 31.2. The number of para-hydroxylation sites is 2. The van der Waals surface area contributed by atoms with Crippen LogP contribution in [0.2, 0.25) is 10.0 Å². The van der Waals surface area contributed by atoms with E-state index in [1.165, 1.54) is 4.57 Å². The van der Waals surface area contributed by atoms with Gasteiger partial charge in [0, 0.05) is 21.3 Å². The van der Waals surface area contributed by atoms with Crippen molar-refractivity contribution in [2.24, 2.45) is 4.99 Å². The highest BCUT2D eigenvalue weighted by Gasteiger charge is 2.37. The Bertz CT molecular complexity index is 2210. The molecule has 10 heteroatoms. The number of carbonyl (C=O) groups excluding carboxylic acids is 2. The first kappa shape index (κ1) is 29.0. The van der Waals surface area contributed by atoms with E-state index in [0.29, 0.717) is 60.7 Å². The summed E-state index contributed by atoms with van der Waals surface area (Å²) in [5.41, 5.74) is 4.30. The number of benzene rings is 4. The van der Waals surface area contributed by atoms with Crippen molar-refractivity contribution in [1.82, 2.24) is 4.57 Å². The largest absolute Gasteiger partial charge is 0.322 e. The fourth-order valence-electron chi connectivity index (χ4n) is 5.77. The molecular weight excluding hydrogens is 627 g/mol. The van der Waals surface area contributed by atoms with E-state index < -0.39 is 11.6 Å². The zero-order valence-corrected chi connectivity index (χ0v) is 26.2. The summed E-state index contributed by atoms with van der Waals surface area (Å²) in [5, 5.41) is 4.08. The molecule has 7 rings (SSSR count). The van der Waals surface area contributed by atoms with Crippen LogP contribution in [0.25, 0.3) is 5.57 Å². The van der Waals surface area contributed by atoms with E-state index >= 15 is 0 Å². The van der Waals surface area contributed by atoms with Gasteiger partial charge in [-0.25, -0.2) is 4.99 Å². The lowest BCUT2D eigenvalue weighted by Gasteiger charge is -2.25. The molecule has 222 valence electrons. The number of thiazole rings is 1. The minimum atomic E-state index is -0.798. The highest BCUT2D eigenvalue weighted by Crippen LogP contribution is 2.37. The van der Waals surface area contributed by atoms with E-state index in [9.17, 15) is 14.4 Å². The van der Waals surface area contributed by atoms with Crippen molar-refractivity contribution in [1.29, 1.82) is 0 Å². The predicted molar refractivity (Wildman–Crippen MR) is 178 cm³/mol. The Kier molecular flexibility index (Phi) is 7.49. The van der Waals surface area contributed by atoms with Gasteiger partial charge in [-0.1, -0.05) is 95.2 Å². The van der Waals surface area contributed by atoms with Gasteiger partial charge in [0.25, 0.3) is 17.4 Å². The maximum atomic E-state index is 14.5. The Balaban J connectivity index is 1.40. The fraction of sp³-hybridized carbons (Fsp3) is 0.0857. The molecular formula is C35H24Cl2N4O3S. The molecule has 1 N–H and O–H groups in total. The number of hydrogen-bond acceptors (Lipinski definition) is 5. The number of halogens is 2. The molecule has 5 aromatic rings. The smallest absolute Gasteiger partial charge is 0.271 e. The molecule has 7 nitrogen and oxygen atoms in total. The number of fused-ring (bicyclic) bond motifs is 2. The van der Waals surface area contributed by atoms with Crippen LogP contribution in [-0.4, -0.2) is 16.4 Å². The van der Waals surface area contributed by atoms with Crippen LogP contribution in [0.4, 0.5) is 11.4 Å². The number of rotatable bonds is 5. The Morgan fingerprint density at radius 1 is 0.867 bits per heavy atom. The van der Waals surface area contributed by atoms with Crippen molar-refractivity contribution in [2.75, 3.05) is 10.2 Å². The molecule has 0 saturated heterocycles. The minimum absolute atomic E-state index is 0.265. The first-order chi connectivity index (χ1) is 21.8. The average molecular weight is 652 g/mol. The number of nitrogens with zero attached hydrogens (tertiary/aromatic N) is 3. The van der Waals surface area contributed by atoms with E-state index in [2.05, 4.69) is 5.32 Å². The van der Waals surface area contributed by atoms with Gasteiger partial charge in [-0.05, 0) is 60.5 Å². The van der Waals surface area contributed by atoms with E-state index in [1.54, 1.807) is 60.4 Å². The van der Waals surface area contributed by atoms with Gasteiger partial charge >= 0.3 is 0 Å². The van der Waals surface area contributed by atoms with Crippen molar-refractivity contribution >= 4 is 63.3 Å². The molecule has 0 fully saturated rings. The van der Waals surface area contributed by atoms with Gasteiger partial charge in [-0.15, -0.1) is 0 Å². The van der Waals surface area contributed by atoms with Crippen molar-refractivity contribution < 1.29 is 9.59 Å². The van der Waals surface area contributed by atoms with Gasteiger partial charge in [0.2, 0.25) is 0 Å². The molecule has 2 aliphatic rings. The van der Waals surface area contributed by atoms with Crippen LogP contribution in [0.1, 0.15) is 29.7 Å². The fourth-order valence-corrected chi connectivity index (χ4v) is 7.16. The van der Waals surface area contributed by atoms with Crippen molar-refractivity contribution in [3.05, 3.63) is 161 Å². The summed E-state index contributed by atoms with van der Waals surface area (Å²) in [6.07, 6.45) is 0. The summed E-state index contributed by atoms with van der Waals surface area (Å²) in [5.74, 6) is -0.658. The normalized spacial score (nSPS) is 16.7. The van der Waals surface area contributed by atoms with Crippen LogP contribution < -0.4 is 25.1 Å². The molecule has 1 atom stereocenters. The molecule has 0 aliphatic carbocycles. The first-order valence-electron chi connectivity index (χ1n) is 14.1. The number of aromatic nitrogens is 1. The molecule has 0 unspecified atom stereocenters. The molecule has 2 amide bonds. The third-order valence-corrected chi connectivity index (χ3v) is 9.42. The molecule has 0 bridgehead atoms. The van der Waals surface area contributed by atoms with Crippen LogP contribution in [0.5, 0.6) is 0 Å². The quantitative estimate of drug-likeness (QED) is 0.250. The van der Waals surface area contributed by atoms with Gasteiger partial charge < -0.3 is 10.2 Å². The van der Waals surface area contributed by atoms with Gasteiger partial charge in [-0.2, -0.15) is 0 Å². The average Bonchev–Trinajstić information content (AvgIpc) is 3.50. The monoisotopic (exact) mass is 650 g/mol. The molecule has 2 aliphatic heterocycles. The third-order valence-electron chi connectivity index (χ3n) is 7.86. The predicted octanol–water partition coefficient (Wildman–Crippen LogP) is 6.10. The molecule has 0 spiro atoms. The van der Waals surface area contributed by atoms with Crippen LogP contribution >= 0.6 is 34.5 Å². The maximum absolute atomic E-state index is 14.5. The Labute approximate surface area is 272 Å². The second kappa shape index (κ2) is 11.6. The number of hydrogen-bond donors (Lipinski definition) is 1. The summed E-state index contributed by atoms with van der Waals surface area (Å²) < 4.78 is 1.78. The SMILES string of the molecule is CC1=C(C(=O)Nc2ccccc2)[C@@H](c2ccc(Cl)cc2)n2c(s/c(=C3/C(=O)N(Cc4ccc(Cl)cc4)c4ccccc43)c2=O)=N1. The Morgan fingerprint density at radius 3 is 2.22 bits per heavy atom. The maximum Gasteiger partial charge on any atom is 0.271 e. The van der Waals surface area contributed by atoms with Gasteiger partial charge in [0.05, 0.1) is 35.1 Å². The lowest BCUT2D eigenvalue weighted by atomic mass is 9.95. The highest BCUT2D eigenvalue weighted by molar-refractivity contribution is 7.07. The van der Waals surface area contributed by atoms with E-state index in [-0.39, 0.29) is 16.3 Å². The van der Waals surface area contributed by atoms with Crippen LogP contribution in [-0.2, 0) is 16.1 Å². The number of nitrogens with one attached hydrogen (secondary N) is 1. The van der Waals surface area contributed by atoms with Crippen LogP contribution in [0, 0.1) is 0 Å². The van der Waals surface area contributed by atoms with Gasteiger partial charge in [0.15, 0.2) is 4.80 Å². The van der Waals surface area contributed by atoms with Gasteiger partial charge in [0.1, 0.15) is 4.53 Å². The van der Waals surface area contributed by atoms with E-state index in [4.69, 9.17) is 28.2 Å².